The second kappa shape index (κ2) is 9.81. The molecule has 0 unspecified atom stereocenters. The van der Waals surface area contributed by atoms with Crippen LogP contribution in [0.1, 0.15) is 74.6 Å². The van der Waals surface area contributed by atoms with E-state index in [0.29, 0.717) is 24.9 Å². The fourth-order valence-corrected chi connectivity index (χ4v) is 5.75. The van der Waals surface area contributed by atoms with Crippen molar-refractivity contribution >= 4 is 17.1 Å². The molecule has 1 aliphatic carbocycles. The number of imidazole rings is 1. The summed E-state index contributed by atoms with van der Waals surface area (Å²) in [6, 6.07) is 2.06. The predicted molar refractivity (Wildman–Crippen MR) is 118 cm³/mol. The summed E-state index contributed by atoms with van der Waals surface area (Å²) < 4.78 is 46.9. The topological polar surface area (TPSA) is 80.3 Å². The molecule has 34 heavy (non-hydrogen) atoms. The second-order valence-corrected chi connectivity index (χ2v) is 9.74. The molecular weight excluding hydrogens is 449 g/mol. The molecule has 3 aliphatic rings. The Hall–Kier alpha value is -2.20. The van der Waals surface area contributed by atoms with Gasteiger partial charge in [0.25, 0.3) is 0 Å². The van der Waals surface area contributed by atoms with Gasteiger partial charge in [-0.05, 0) is 68.9 Å². The number of aromatic amines is 1. The van der Waals surface area contributed by atoms with Gasteiger partial charge < -0.3 is 14.6 Å². The molecule has 0 atom stereocenters. The maximum atomic E-state index is 13.0. The molecular formula is C24H31F3N4O3. The zero-order valence-electron chi connectivity index (χ0n) is 19.1. The zero-order valence-corrected chi connectivity index (χ0v) is 19.1. The summed E-state index contributed by atoms with van der Waals surface area (Å²) in [5.74, 6) is 1.71. The van der Waals surface area contributed by atoms with Gasteiger partial charge in [-0.3, -0.25) is 9.53 Å². The van der Waals surface area contributed by atoms with Crippen molar-refractivity contribution in [1.82, 2.24) is 19.9 Å². The third-order valence-electron chi connectivity index (χ3n) is 7.62. The first-order chi connectivity index (χ1) is 16.4. The SMILES string of the molecule is O=C(C1CCC(c2ccnc3nc(C4CCOCC4)[nH]c23)CC1)N1CCC(OC(F)(F)F)CC1. The Balaban J connectivity index is 1.18. The van der Waals surface area contributed by atoms with Crippen LogP contribution < -0.4 is 0 Å². The lowest BCUT2D eigenvalue weighted by Crippen LogP contribution is -2.45. The van der Waals surface area contributed by atoms with E-state index in [2.05, 4.69) is 20.8 Å². The highest BCUT2D eigenvalue weighted by Crippen LogP contribution is 2.39. The number of alkyl halides is 3. The molecule has 186 valence electrons. The first-order valence-electron chi connectivity index (χ1n) is 12.3. The van der Waals surface area contributed by atoms with Gasteiger partial charge in [0.1, 0.15) is 5.82 Å². The van der Waals surface area contributed by atoms with Crippen molar-refractivity contribution in [2.75, 3.05) is 26.3 Å². The molecule has 7 nitrogen and oxygen atoms in total. The van der Waals surface area contributed by atoms with Crippen LogP contribution in [0.15, 0.2) is 12.3 Å². The number of piperidine rings is 1. The average Bonchev–Trinajstić information content (AvgIpc) is 3.28. The number of aromatic nitrogens is 3. The van der Waals surface area contributed by atoms with Gasteiger partial charge in [-0.1, -0.05) is 0 Å². The number of amides is 1. The summed E-state index contributed by atoms with van der Waals surface area (Å²) in [5, 5.41) is 0. The second-order valence-electron chi connectivity index (χ2n) is 9.74. The maximum absolute atomic E-state index is 13.0. The van der Waals surface area contributed by atoms with Crippen molar-refractivity contribution in [3.05, 3.63) is 23.7 Å². The lowest BCUT2D eigenvalue weighted by atomic mass is 9.78. The fraction of sp³-hybridized carbons (Fsp3) is 0.708. The standard InChI is InChI=1S/C24H31F3N4O3/c25-24(26,27)34-18-6-11-31(12-7-18)23(32)17-3-1-15(2-4-17)19-5-10-28-22-20(19)29-21(30-22)16-8-13-33-14-9-16/h5,10,15-18H,1-4,6-9,11-14H2,(H,28,29,30). The van der Waals surface area contributed by atoms with E-state index in [1.165, 1.54) is 5.56 Å². The molecule has 0 aromatic carbocycles. The van der Waals surface area contributed by atoms with E-state index < -0.39 is 12.5 Å². The van der Waals surface area contributed by atoms with Crippen LogP contribution in [0.4, 0.5) is 13.2 Å². The van der Waals surface area contributed by atoms with Crippen molar-refractivity contribution < 1.29 is 27.4 Å². The number of rotatable bonds is 4. The number of pyridine rings is 1. The van der Waals surface area contributed by atoms with Gasteiger partial charge in [0.15, 0.2) is 5.65 Å². The monoisotopic (exact) mass is 480 g/mol. The van der Waals surface area contributed by atoms with E-state index in [1.54, 1.807) is 4.90 Å². The summed E-state index contributed by atoms with van der Waals surface area (Å²) in [6.07, 6.45) is 2.09. The van der Waals surface area contributed by atoms with Crippen LogP contribution in [0.25, 0.3) is 11.2 Å². The van der Waals surface area contributed by atoms with E-state index in [4.69, 9.17) is 9.72 Å². The molecule has 1 amide bonds. The predicted octanol–water partition coefficient (Wildman–Crippen LogP) is 4.65. The number of carbonyl (C=O) groups excluding carboxylic acids is 1. The van der Waals surface area contributed by atoms with Crippen LogP contribution in [-0.2, 0) is 14.3 Å². The van der Waals surface area contributed by atoms with Gasteiger partial charge >= 0.3 is 6.36 Å². The van der Waals surface area contributed by atoms with E-state index in [0.717, 1.165) is 68.7 Å². The quantitative estimate of drug-likeness (QED) is 0.689. The number of fused-ring (bicyclic) bond motifs is 1. The number of nitrogens with one attached hydrogen (secondary N) is 1. The zero-order chi connectivity index (χ0) is 23.7. The molecule has 0 bridgehead atoms. The molecule has 5 rings (SSSR count). The molecule has 2 aromatic rings. The number of nitrogens with zero attached hydrogens (tertiary/aromatic N) is 3. The summed E-state index contributed by atoms with van der Waals surface area (Å²) >= 11 is 0. The highest BCUT2D eigenvalue weighted by Gasteiger charge is 2.37. The summed E-state index contributed by atoms with van der Waals surface area (Å²) in [6.45, 7) is 2.17. The summed E-state index contributed by atoms with van der Waals surface area (Å²) in [7, 11) is 0. The highest BCUT2D eigenvalue weighted by atomic mass is 19.4. The van der Waals surface area contributed by atoms with Crippen molar-refractivity contribution in [3.63, 3.8) is 0 Å². The van der Waals surface area contributed by atoms with Crippen LogP contribution in [-0.4, -0.2) is 64.5 Å². The number of ether oxygens (including phenoxy) is 2. The van der Waals surface area contributed by atoms with E-state index in [1.807, 2.05) is 6.20 Å². The molecule has 2 aromatic heterocycles. The molecule has 2 aliphatic heterocycles. The molecule has 3 fully saturated rings. The maximum Gasteiger partial charge on any atom is 0.522 e. The molecule has 2 saturated heterocycles. The minimum absolute atomic E-state index is 0.0618. The van der Waals surface area contributed by atoms with Crippen molar-refractivity contribution in [2.24, 2.45) is 5.92 Å². The van der Waals surface area contributed by atoms with E-state index in [-0.39, 0.29) is 24.7 Å². The highest BCUT2D eigenvalue weighted by molar-refractivity contribution is 5.79. The van der Waals surface area contributed by atoms with E-state index in [9.17, 15) is 18.0 Å². The van der Waals surface area contributed by atoms with Gasteiger partial charge in [-0.2, -0.15) is 0 Å². The Morgan fingerprint density at radius 1 is 1.03 bits per heavy atom. The van der Waals surface area contributed by atoms with Crippen LogP contribution in [0.5, 0.6) is 0 Å². The lowest BCUT2D eigenvalue weighted by Gasteiger charge is -2.36. The third-order valence-corrected chi connectivity index (χ3v) is 7.62. The normalized spacial score (nSPS) is 25.7. The lowest BCUT2D eigenvalue weighted by molar-refractivity contribution is -0.345. The first-order valence-corrected chi connectivity index (χ1v) is 12.3. The van der Waals surface area contributed by atoms with Gasteiger partial charge in [0, 0.05) is 44.3 Å². The van der Waals surface area contributed by atoms with Crippen molar-refractivity contribution in [2.45, 2.75) is 75.7 Å². The number of hydrogen-bond acceptors (Lipinski definition) is 5. The van der Waals surface area contributed by atoms with E-state index >= 15 is 0 Å². The number of carbonyl (C=O) groups is 1. The van der Waals surface area contributed by atoms with Crippen LogP contribution in [0.2, 0.25) is 0 Å². The van der Waals surface area contributed by atoms with Crippen molar-refractivity contribution in [3.8, 4) is 0 Å². The Kier molecular flexibility index (Phi) is 6.79. The number of hydrogen-bond donors (Lipinski definition) is 1. The average molecular weight is 481 g/mol. The third kappa shape index (κ3) is 5.22. The molecule has 4 heterocycles. The Morgan fingerprint density at radius 2 is 1.74 bits per heavy atom. The molecule has 10 heteroatoms. The van der Waals surface area contributed by atoms with Gasteiger partial charge in [0.2, 0.25) is 5.91 Å². The Morgan fingerprint density at radius 3 is 2.41 bits per heavy atom. The summed E-state index contributed by atoms with van der Waals surface area (Å²) in [4.78, 5) is 27.5. The number of halogens is 3. The Labute approximate surface area is 196 Å². The first kappa shape index (κ1) is 23.5. The van der Waals surface area contributed by atoms with Gasteiger partial charge in [-0.25, -0.2) is 9.97 Å². The number of H-pyrrole nitrogens is 1. The van der Waals surface area contributed by atoms with Gasteiger partial charge in [0.05, 0.1) is 11.6 Å². The molecule has 1 N–H and O–H groups in total. The minimum Gasteiger partial charge on any atom is -0.381 e. The fourth-order valence-electron chi connectivity index (χ4n) is 5.75. The van der Waals surface area contributed by atoms with Crippen molar-refractivity contribution in [1.29, 1.82) is 0 Å². The number of likely N-dealkylation sites (tertiary alicyclic amines) is 1. The molecule has 0 spiro atoms. The van der Waals surface area contributed by atoms with Crippen LogP contribution in [0.3, 0.4) is 0 Å². The van der Waals surface area contributed by atoms with Gasteiger partial charge in [-0.15, -0.1) is 13.2 Å². The molecule has 0 radical (unpaired) electrons. The smallest absolute Gasteiger partial charge is 0.381 e. The molecule has 1 saturated carbocycles. The van der Waals surface area contributed by atoms with Crippen LogP contribution in [0, 0.1) is 5.92 Å². The minimum atomic E-state index is -4.62. The largest absolute Gasteiger partial charge is 0.522 e. The van der Waals surface area contributed by atoms with Crippen LogP contribution >= 0.6 is 0 Å². The Bertz CT molecular complexity index is 989. The summed E-state index contributed by atoms with van der Waals surface area (Å²) in [5.41, 5.74) is 2.97.